The van der Waals surface area contributed by atoms with E-state index in [0.717, 1.165) is 12.8 Å². The zero-order chi connectivity index (χ0) is 20.6. The molecule has 1 aromatic heterocycles. The maximum absolute atomic E-state index is 13.8. The van der Waals surface area contributed by atoms with Crippen molar-refractivity contribution in [3.63, 3.8) is 0 Å². The summed E-state index contributed by atoms with van der Waals surface area (Å²) in [6.45, 7) is 3.07. The Morgan fingerprint density at radius 1 is 1.24 bits per heavy atom. The number of thiazole rings is 1. The molecule has 2 heterocycles. The van der Waals surface area contributed by atoms with Crippen molar-refractivity contribution in [1.29, 1.82) is 0 Å². The summed E-state index contributed by atoms with van der Waals surface area (Å²) in [5.74, 6) is -0.539. The van der Waals surface area contributed by atoms with Crippen LogP contribution in [0.5, 0.6) is 0 Å². The van der Waals surface area contributed by atoms with Gasteiger partial charge in [-0.2, -0.15) is 4.31 Å². The van der Waals surface area contributed by atoms with Gasteiger partial charge in [-0.1, -0.05) is 24.3 Å². The van der Waals surface area contributed by atoms with Crippen LogP contribution in [0.25, 0.3) is 10.2 Å². The number of halogens is 1. The third-order valence-corrected chi connectivity index (χ3v) is 7.78. The number of benzene rings is 2. The summed E-state index contributed by atoms with van der Waals surface area (Å²) < 4.78 is 41.5. The normalized spacial score (nSPS) is 18.1. The van der Waals surface area contributed by atoms with E-state index in [-0.39, 0.29) is 15.5 Å². The highest BCUT2D eigenvalue weighted by Gasteiger charge is 2.28. The predicted octanol–water partition coefficient (Wildman–Crippen LogP) is 4.11. The highest BCUT2D eigenvalue weighted by Crippen LogP contribution is 2.28. The van der Waals surface area contributed by atoms with Crippen molar-refractivity contribution in [2.45, 2.75) is 24.7 Å². The van der Waals surface area contributed by atoms with Crippen LogP contribution in [0, 0.1) is 11.7 Å². The summed E-state index contributed by atoms with van der Waals surface area (Å²) >= 11 is 1.18. The number of carbonyl (C=O) groups excluding carboxylic acids is 1. The average molecular weight is 434 g/mol. The Balaban J connectivity index is 1.51. The predicted molar refractivity (Wildman–Crippen MR) is 111 cm³/mol. The van der Waals surface area contributed by atoms with Crippen LogP contribution in [0.1, 0.15) is 30.1 Å². The smallest absolute Gasteiger partial charge is 0.257 e. The minimum atomic E-state index is -3.57. The van der Waals surface area contributed by atoms with Gasteiger partial charge >= 0.3 is 0 Å². The second-order valence-corrected chi connectivity index (χ2v) is 10.2. The number of aromatic nitrogens is 1. The van der Waals surface area contributed by atoms with E-state index in [1.165, 1.54) is 46.0 Å². The lowest BCUT2D eigenvalue weighted by Crippen LogP contribution is -2.39. The van der Waals surface area contributed by atoms with Crippen molar-refractivity contribution in [1.82, 2.24) is 9.29 Å². The van der Waals surface area contributed by atoms with Crippen LogP contribution >= 0.6 is 11.3 Å². The first-order valence-corrected chi connectivity index (χ1v) is 11.6. The molecule has 1 atom stereocenters. The second-order valence-electron chi connectivity index (χ2n) is 7.19. The summed E-state index contributed by atoms with van der Waals surface area (Å²) in [6, 6.07) is 10.5. The maximum atomic E-state index is 13.8. The molecule has 1 saturated heterocycles. The van der Waals surface area contributed by atoms with Gasteiger partial charge in [-0.3, -0.25) is 10.1 Å². The number of nitrogens with one attached hydrogen (secondary N) is 1. The van der Waals surface area contributed by atoms with Gasteiger partial charge in [-0.05, 0) is 55.2 Å². The summed E-state index contributed by atoms with van der Waals surface area (Å²) in [4.78, 5) is 16.8. The lowest BCUT2D eigenvalue weighted by molar-refractivity contribution is 0.102. The minimum Gasteiger partial charge on any atom is -0.298 e. The number of carbonyl (C=O) groups is 1. The van der Waals surface area contributed by atoms with E-state index in [9.17, 15) is 17.6 Å². The summed E-state index contributed by atoms with van der Waals surface area (Å²) in [5.41, 5.74) is 0.515. The van der Waals surface area contributed by atoms with E-state index in [0.29, 0.717) is 29.3 Å². The largest absolute Gasteiger partial charge is 0.298 e. The first-order valence-electron chi connectivity index (χ1n) is 9.31. The third-order valence-electron chi connectivity index (χ3n) is 4.96. The molecule has 3 aromatic rings. The van der Waals surface area contributed by atoms with Crippen molar-refractivity contribution < 1.29 is 17.6 Å². The topological polar surface area (TPSA) is 79.4 Å². The fourth-order valence-corrected chi connectivity index (χ4v) is 5.90. The zero-order valence-electron chi connectivity index (χ0n) is 15.8. The average Bonchev–Trinajstić information content (AvgIpc) is 3.12. The van der Waals surface area contributed by atoms with Crippen molar-refractivity contribution in [2.75, 3.05) is 18.4 Å². The molecule has 6 nitrogen and oxygen atoms in total. The number of sulfonamides is 1. The van der Waals surface area contributed by atoms with E-state index in [1.54, 1.807) is 12.1 Å². The highest BCUT2D eigenvalue weighted by atomic mass is 32.2. The molecule has 0 spiro atoms. The fourth-order valence-electron chi connectivity index (χ4n) is 3.43. The Hall–Kier alpha value is -2.36. The molecular formula is C20H20FN3O3S2. The van der Waals surface area contributed by atoms with Crippen molar-refractivity contribution in [3.8, 4) is 0 Å². The summed E-state index contributed by atoms with van der Waals surface area (Å²) in [5, 5.41) is 2.93. The maximum Gasteiger partial charge on any atom is 0.257 e. The van der Waals surface area contributed by atoms with Crippen LogP contribution in [0.3, 0.4) is 0 Å². The first kappa shape index (κ1) is 19.9. The van der Waals surface area contributed by atoms with E-state index in [1.807, 2.05) is 6.92 Å². The Morgan fingerprint density at radius 2 is 2.00 bits per heavy atom. The lowest BCUT2D eigenvalue weighted by atomic mass is 10.0. The molecule has 152 valence electrons. The molecular weight excluding hydrogens is 413 g/mol. The number of rotatable bonds is 4. The van der Waals surface area contributed by atoms with E-state index in [2.05, 4.69) is 10.3 Å². The summed E-state index contributed by atoms with van der Waals surface area (Å²) in [6.07, 6.45) is 1.88. The number of piperidine rings is 1. The summed E-state index contributed by atoms with van der Waals surface area (Å²) in [7, 11) is -3.57. The van der Waals surface area contributed by atoms with Gasteiger partial charge in [0.1, 0.15) is 11.3 Å². The van der Waals surface area contributed by atoms with Gasteiger partial charge in [-0.15, -0.1) is 0 Å². The Bertz CT molecular complexity index is 1160. The second kappa shape index (κ2) is 7.81. The van der Waals surface area contributed by atoms with Crippen molar-refractivity contribution in [2.24, 2.45) is 5.92 Å². The van der Waals surface area contributed by atoms with Gasteiger partial charge in [0.25, 0.3) is 5.91 Å². The number of hydrogen-bond acceptors (Lipinski definition) is 5. The number of fused-ring (bicyclic) bond motifs is 1. The van der Waals surface area contributed by atoms with Gasteiger partial charge in [0.15, 0.2) is 5.13 Å². The number of nitrogens with zero attached hydrogens (tertiary/aromatic N) is 2. The molecule has 4 rings (SSSR count). The van der Waals surface area contributed by atoms with Crippen LogP contribution in [-0.4, -0.2) is 36.7 Å². The number of hydrogen-bond donors (Lipinski definition) is 1. The Kier molecular flexibility index (Phi) is 5.37. The molecule has 1 fully saturated rings. The third kappa shape index (κ3) is 4.03. The van der Waals surface area contributed by atoms with Crippen LogP contribution in [0.2, 0.25) is 0 Å². The molecule has 0 radical (unpaired) electrons. The standard InChI is InChI=1S/C20H20FN3O3S2/c1-13-4-3-11-24(12-13)29(26,27)15-9-7-14(8-10-15)19(25)23-20-22-18-16(21)5-2-6-17(18)28-20/h2,5-10,13H,3-4,11-12H2,1H3,(H,22,23,25)/t13-/m1/s1. The Morgan fingerprint density at radius 3 is 2.69 bits per heavy atom. The minimum absolute atomic E-state index is 0.171. The zero-order valence-corrected chi connectivity index (χ0v) is 17.4. The van der Waals surface area contributed by atoms with Gasteiger partial charge in [0, 0.05) is 18.7 Å². The van der Waals surface area contributed by atoms with Crippen LogP contribution < -0.4 is 5.32 Å². The van der Waals surface area contributed by atoms with Gasteiger partial charge < -0.3 is 0 Å². The van der Waals surface area contributed by atoms with Crippen LogP contribution in [0.4, 0.5) is 9.52 Å². The molecule has 1 amide bonds. The molecule has 0 bridgehead atoms. The van der Waals surface area contributed by atoms with E-state index < -0.39 is 21.7 Å². The molecule has 1 aliphatic rings. The van der Waals surface area contributed by atoms with Crippen LogP contribution in [-0.2, 0) is 10.0 Å². The quantitative estimate of drug-likeness (QED) is 0.672. The van der Waals surface area contributed by atoms with Gasteiger partial charge in [0.05, 0.1) is 9.60 Å². The van der Waals surface area contributed by atoms with Crippen molar-refractivity contribution >= 4 is 42.6 Å². The van der Waals surface area contributed by atoms with E-state index >= 15 is 0 Å². The highest BCUT2D eigenvalue weighted by molar-refractivity contribution is 7.89. The molecule has 1 N–H and O–H groups in total. The molecule has 29 heavy (non-hydrogen) atoms. The molecule has 0 unspecified atom stereocenters. The van der Waals surface area contributed by atoms with Crippen molar-refractivity contribution in [3.05, 3.63) is 53.8 Å². The molecule has 9 heteroatoms. The first-order chi connectivity index (χ1) is 13.8. The monoisotopic (exact) mass is 433 g/mol. The number of anilines is 1. The lowest BCUT2D eigenvalue weighted by Gasteiger charge is -2.30. The number of para-hydroxylation sites is 1. The Labute approximate surface area is 172 Å². The van der Waals surface area contributed by atoms with E-state index in [4.69, 9.17) is 0 Å². The molecule has 2 aromatic carbocycles. The molecule has 1 aliphatic heterocycles. The number of amides is 1. The van der Waals surface area contributed by atoms with Gasteiger partial charge in [-0.25, -0.2) is 17.8 Å². The van der Waals surface area contributed by atoms with Gasteiger partial charge in [0.2, 0.25) is 10.0 Å². The molecule has 0 aliphatic carbocycles. The van der Waals surface area contributed by atoms with Crippen LogP contribution in [0.15, 0.2) is 47.4 Å². The fraction of sp³-hybridized carbons (Fsp3) is 0.300. The molecule has 0 saturated carbocycles. The SMILES string of the molecule is C[C@@H]1CCCN(S(=O)(=O)c2ccc(C(=O)Nc3nc4c(F)cccc4s3)cc2)C1.